The molecule has 2 aromatic rings. The van der Waals surface area contributed by atoms with Crippen LogP contribution < -0.4 is 21.3 Å². The number of carbonyl (C=O) groups is 1. The van der Waals surface area contributed by atoms with Crippen LogP contribution in [0.25, 0.3) is 0 Å². The van der Waals surface area contributed by atoms with E-state index in [9.17, 15) is 4.79 Å². The predicted octanol–water partition coefficient (Wildman–Crippen LogP) is 2.77. The molecule has 0 aliphatic heterocycles. The molecule has 0 aliphatic rings. The summed E-state index contributed by atoms with van der Waals surface area (Å²) >= 11 is 0. The SMILES string of the molecule is CCCNc1nc(Nc2ccc(C#N)cc2)ncc1C#CCCCNC(=O)CNCC. The Balaban J connectivity index is 1.95. The molecule has 1 amide bonds. The van der Waals surface area contributed by atoms with E-state index in [0.29, 0.717) is 36.8 Å². The molecule has 0 atom stereocenters. The van der Waals surface area contributed by atoms with Crippen LogP contribution in [-0.2, 0) is 4.79 Å². The summed E-state index contributed by atoms with van der Waals surface area (Å²) in [5.41, 5.74) is 2.13. The second kappa shape index (κ2) is 13.6. The van der Waals surface area contributed by atoms with Crippen LogP contribution in [0.15, 0.2) is 30.5 Å². The van der Waals surface area contributed by atoms with Crippen molar-refractivity contribution in [3.63, 3.8) is 0 Å². The second-order valence-electron chi connectivity index (χ2n) is 6.73. The number of nitrogens with zero attached hydrogens (tertiary/aromatic N) is 3. The first kappa shape index (κ1) is 23.7. The average Bonchev–Trinajstić information content (AvgIpc) is 2.80. The van der Waals surface area contributed by atoms with Crippen LogP contribution in [0.5, 0.6) is 0 Å². The lowest BCUT2D eigenvalue weighted by atomic mass is 10.2. The molecule has 0 fully saturated rings. The van der Waals surface area contributed by atoms with Gasteiger partial charge >= 0.3 is 0 Å². The lowest BCUT2D eigenvalue weighted by Crippen LogP contribution is -2.34. The minimum absolute atomic E-state index is 0.000358. The van der Waals surface area contributed by atoms with E-state index in [2.05, 4.69) is 56.1 Å². The van der Waals surface area contributed by atoms with Crippen LogP contribution in [0.3, 0.4) is 0 Å². The Morgan fingerprint density at radius 1 is 1.16 bits per heavy atom. The molecule has 0 radical (unpaired) electrons. The maximum atomic E-state index is 11.5. The van der Waals surface area contributed by atoms with Crippen molar-refractivity contribution in [1.82, 2.24) is 20.6 Å². The maximum Gasteiger partial charge on any atom is 0.233 e. The highest BCUT2D eigenvalue weighted by Crippen LogP contribution is 2.17. The first-order valence-corrected chi connectivity index (χ1v) is 10.5. The summed E-state index contributed by atoms with van der Waals surface area (Å²) in [7, 11) is 0. The van der Waals surface area contributed by atoms with Gasteiger partial charge < -0.3 is 21.3 Å². The van der Waals surface area contributed by atoms with E-state index in [-0.39, 0.29) is 5.91 Å². The van der Waals surface area contributed by atoms with Gasteiger partial charge in [-0.1, -0.05) is 25.7 Å². The smallest absolute Gasteiger partial charge is 0.233 e. The Bertz CT molecular complexity index is 939. The van der Waals surface area contributed by atoms with Crippen molar-refractivity contribution in [2.45, 2.75) is 33.1 Å². The third kappa shape index (κ3) is 8.73. The van der Waals surface area contributed by atoms with Gasteiger partial charge in [-0.05, 0) is 43.7 Å². The van der Waals surface area contributed by atoms with E-state index in [0.717, 1.165) is 37.2 Å². The molecule has 8 nitrogen and oxygen atoms in total. The van der Waals surface area contributed by atoms with Crippen molar-refractivity contribution >= 4 is 23.4 Å². The third-order valence-corrected chi connectivity index (χ3v) is 4.16. The molecular weight excluding hydrogens is 390 g/mol. The maximum absolute atomic E-state index is 11.5. The topological polar surface area (TPSA) is 115 Å². The first-order chi connectivity index (χ1) is 15.2. The number of nitrogens with one attached hydrogen (secondary N) is 4. The van der Waals surface area contributed by atoms with E-state index in [1.54, 1.807) is 18.3 Å². The normalized spacial score (nSPS) is 9.84. The summed E-state index contributed by atoms with van der Waals surface area (Å²) in [6, 6.07) is 9.19. The second-order valence-corrected chi connectivity index (χ2v) is 6.73. The van der Waals surface area contributed by atoms with Gasteiger partial charge in [-0.15, -0.1) is 0 Å². The van der Waals surface area contributed by atoms with Gasteiger partial charge in [0.25, 0.3) is 0 Å². The Morgan fingerprint density at radius 2 is 1.97 bits per heavy atom. The standard InChI is InChI=1S/C23H29N7O/c1-3-13-27-22-19(8-6-5-7-14-26-21(31)17-25-4-2)16-28-23(30-22)29-20-11-9-18(15-24)10-12-20/h9-12,16,25H,3-5,7,13-14,17H2,1-2H3,(H,26,31)(H2,27,28,29,30). The number of carbonyl (C=O) groups excluding carboxylic acids is 1. The van der Waals surface area contributed by atoms with Gasteiger partial charge in [-0.2, -0.15) is 10.2 Å². The Kier molecular flexibility index (Phi) is 10.4. The van der Waals surface area contributed by atoms with E-state index in [1.807, 2.05) is 19.1 Å². The molecule has 31 heavy (non-hydrogen) atoms. The number of hydrogen-bond acceptors (Lipinski definition) is 7. The molecule has 1 aromatic carbocycles. The molecule has 0 aliphatic carbocycles. The lowest BCUT2D eigenvalue weighted by molar-refractivity contribution is -0.120. The molecule has 0 spiro atoms. The molecule has 8 heteroatoms. The highest BCUT2D eigenvalue weighted by atomic mass is 16.1. The fraction of sp³-hybridized carbons (Fsp3) is 0.391. The number of hydrogen-bond donors (Lipinski definition) is 4. The van der Waals surface area contributed by atoms with E-state index in [4.69, 9.17) is 5.26 Å². The monoisotopic (exact) mass is 419 g/mol. The fourth-order valence-corrected chi connectivity index (χ4v) is 2.53. The van der Waals surface area contributed by atoms with Crippen molar-refractivity contribution in [3.05, 3.63) is 41.6 Å². The quantitative estimate of drug-likeness (QED) is 0.327. The van der Waals surface area contributed by atoms with Gasteiger partial charge in [0, 0.05) is 25.2 Å². The first-order valence-electron chi connectivity index (χ1n) is 10.5. The molecule has 4 N–H and O–H groups in total. The largest absolute Gasteiger partial charge is 0.369 e. The summed E-state index contributed by atoms with van der Waals surface area (Å²) in [4.78, 5) is 20.4. The molecular formula is C23H29N7O. The van der Waals surface area contributed by atoms with Crippen LogP contribution in [0.2, 0.25) is 0 Å². The van der Waals surface area contributed by atoms with Crippen LogP contribution in [0.1, 0.15) is 44.2 Å². The molecule has 1 aromatic heterocycles. The highest BCUT2D eigenvalue weighted by Gasteiger charge is 2.06. The van der Waals surface area contributed by atoms with E-state index < -0.39 is 0 Å². The van der Waals surface area contributed by atoms with Crippen LogP contribution in [-0.4, -0.2) is 42.1 Å². The number of rotatable bonds is 11. The number of anilines is 3. The minimum Gasteiger partial charge on any atom is -0.369 e. The highest BCUT2D eigenvalue weighted by molar-refractivity contribution is 5.77. The third-order valence-electron chi connectivity index (χ3n) is 4.16. The number of nitriles is 1. The molecule has 0 bridgehead atoms. The number of unbranched alkanes of at least 4 members (excludes halogenated alkanes) is 1. The van der Waals surface area contributed by atoms with Gasteiger partial charge in [0.05, 0.1) is 29.9 Å². The van der Waals surface area contributed by atoms with Gasteiger partial charge in [-0.25, -0.2) is 4.98 Å². The lowest BCUT2D eigenvalue weighted by Gasteiger charge is -2.10. The van der Waals surface area contributed by atoms with Crippen LogP contribution in [0, 0.1) is 23.2 Å². The van der Waals surface area contributed by atoms with Crippen molar-refractivity contribution in [2.24, 2.45) is 0 Å². The Morgan fingerprint density at radius 3 is 2.68 bits per heavy atom. The number of amides is 1. The zero-order valence-corrected chi connectivity index (χ0v) is 18.1. The van der Waals surface area contributed by atoms with Gasteiger partial charge in [0.15, 0.2) is 0 Å². The van der Waals surface area contributed by atoms with Crippen molar-refractivity contribution in [1.29, 1.82) is 5.26 Å². The molecule has 2 rings (SSSR count). The van der Waals surface area contributed by atoms with Crippen molar-refractivity contribution in [2.75, 3.05) is 36.8 Å². The zero-order chi connectivity index (χ0) is 22.3. The number of benzene rings is 1. The molecule has 1 heterocycles. The average molecular weight is 420 g/mol. The van der Waals surface area contributed by atoms with E-state index >= 15 is 0 Å². The summed E-state index contributed by atoms with van der Waals surface area (Å²) < 4.78 is 0. The Labute approximate surface area is 183 Å². The number of likely N-dealkylation sites (N-methyl/N-ethyl adjacent to an activating group) is 1. The molecule has 0 saturated carbocycles. The molecule has 0 unspecified atom stereocenters. The minimum atomic E-state index is -0.000358. The summed E-state index contributed by atoms with van der Waals surface area (Å²) in [5, 5.41) is 21.2. The van der Waals surface area contributed by atoms with Crippen molar-refractivity contribution in [3.8, 4) is 17.9 Å². The summed E-state index contributed by atoms with van der Waals surface area (Å²) in [6.45, 7) is 6.54. The van der Waals surface area contributed by atoms with Crippen LogP contribution in [0.4, 0.5) is 17.5 Å². The molecule has 162 valence electrons. The number of aromatic nitrogens is 2. The summed E-state index contributed by atoms with van der Waals surface area (Å²) in [5.74, 6) is 7.39. The van der Waals surface area contributed by atoms with Crippen molar-refractivity contribution < 1.29 is 4.79 Å². The zero-order valence-electron chi connectivity index (χ0n) is 18.1. The molecule has 0 saturated heterocycles. The summed E-state index contributed by atoms with van der Waals surface area (Å²) in [6.07, 6.45) is 4.10. The van der Waals surface area contributed by atoms with E-state index in [1.165, 1.54) is 0 Å². The van der Waals surface area contributed by atoms with Gasteiger partial charge in [-0.3, -0.25) is 4.79 Å². The van der Waals surface area contributed by atoms with Crippen LogP contribution >= 0.6 is 0 Å². The van der Waals surface area contributed by atoms with Gasteiger partial charge in [0.2, 0.25) is 11.9 Å². The predicted molar refractivity (Wildman–Crippen MR) is 123 cm³/mol. The van der Waals surface area contributed by atoms with Gasteiger partial charge in [0.1, 0.15) is 5.82 Å². The fourth-order valence-electron chi connectivity index (χ4n) is 2.53. The Hall–Kier alpha value is -3.62.